The first kappa shape index (κ1) is 12.9. The Kier molecular flexibility index (Phi) is 3.19. The summed E-state index contributed by atoms with van der Waals surface area (Å²) in [5, 5.41) is 0. The second-order valence-corrected chi connectivity index (χ2v) is 6.34. The van der Waals surface area contributed by atoms with Crippen molar-refractivity contribution in [2.75, 3.05) is 24.5 Å². The zero-order valence-corrected chi connectivity index (χ0v) is 12.3. The fraction of sp³-hybridized carbons (Fsp3) is 0.368. The molecule has 2 atom stereocenters. The van der Waals surface area contributed by atoms with Crippen molar-refractivity contribution >= 4 is 5.69 Å². The van der Waals surface area contributed by atoms with Gasteiger partial charge < -0.3 is 10.6 Å². The predicted octanol–water partition coefficient (Wildman–Crippen LogP) is 3.28. The maximum atomic E-state index is 5.79. The van der Waals surface area contributed by atoms with Crippen LogP contribution < -0.4 is 10.6 Å². The minimum Gasteiger partial charge on any atom is -0.370 e. The third-order valence-corrected chi connectivity index (χ3v) is 5.08. The second kappa shape index (κ2) is 5.19. The molecule has 2 unspecified atom stereocenters. The third-order valence-electron chi connectivity index (χ3n) is 5.08. The molecule has 0 fully saturated rings. The molecule has 2 heteroatoms. The number of benzene rings is 2. The minimum atomic E-state index is 0.613. The minimum absolute atomic E-state index is 0.613. The Morgan fingerprint density at radius 1 is 0.952 bits per heavy atom. The Bertz CT molecular complexity index is 650. The van der Waals surface area contributed by atoms with Gasteiger partial charge in [0.15, 0.2) is 0 Å². The van der Waals surface area contributed by atoms with Crippen molar-refractivity contribution in [1.82, 2.24) is 0 Å². The molecule has 4 rings (SSSR count). The van der Waals surface area contributed by atoms with Gasteiger partial charge in [-0.3, -0.25) is 0 Å². The van der Waals surface area contributed by atoms with Gasteiger partial charge in [0, 0.05) is 30.6 Å². The highest BCUT2D eigenvalue weighted by Gasteiger charge is 2.32. The average Bonchev–Trinajstić information content (AvgIpc) is 2.84. The van der Waals surface area contributed by atoms with E-state index in [1.807, 2.05) is 0 Å². The van der Waals surface area contributed by atoms with Crippen molar-refractivity contribution in [3.05, 3.63) is 65.2 Å². The summed E-state index contributed by atoms with van der Waals surface area (Å²) in [6.45, 7) is 3.06. The molecule has 0 spiro atoms. The quantitative estimate of drug-likeness (QED) is 0.930. The molecule has 2 aliphatic rings. The molecule has 2 nitrogen and oxygen atoms in total. The lowest BCUT2D eigenvalue weighted by Gasteiger charge is -2.34. The van der Waals surface area contributed by atoms with Crippen molar-refractivity contribution in [3.63, 3.8) is 0 Å². The van der Waals surface area contributed by atoms with E-state index < -0.39 is 0 Å². The molecule has 0 saturated heterocycles. The number of nitrogens with zero attached hydrogens (tertiary/aromatic N) is 1. The van der Waals surface area contributed by atoms with Gasteiger partial charge in [0.1, 0.15) is 0 Å². The van der Waals surface area contributed by atoms with Crippen LogP contribution in [-0.2, 0) is 6.42 Å². The molecule has 0 aromatic heterocycles. The fourth-order valence-electron chi connectivity index (χ4n) is 4.00. The van der Waals surface area contributed by atoms with E-state index >= 15 is 0 Å². The van der Waals surface area contributed by atoms with E-state index in [0.717, 1.165) is 26.1 Å². The Morgan fingerprint density at radius 2 is 1.71 bits per heavy atom. The molecule has 2 aromatic carbocycles. The Balaban J connectivity index is 1.55. The maximum absolute atomic E-state index is 5.79. The van der Waals surface area contributed by atoms with Crippen LogP contribution in [0.2, 0.25) is 0 Å². The highest BCUT2D eigenvalue weighted by molar-refractivity contribution is 5.61. The molecular weight excluding hydrogens is 256 g/mol. The van der Waals surface area contributed by atoms with Crippen LogP contribution in [0.15, 0.2) is 48.5 Å². The molecule has 2 aromatic rings. The van der Waals surface area contributed by atoms with Gasteiger partial charge in [0.05, 0.1) is 0 Å². The average molecular weight is 278 g/mol. The van der Waals surface area contributed by atoms with Crippen molar-refractivity contribution < 1.29 is 0 Å². The molecule has 108 valence electrons. The van der Waals surface area contributed by atoms with Crippen molar-refractivity contribution in [2.24, 2.45) is 5.73 Å². The zero-order valence-electron chi connectivity index (χ0n) is 12.3. The Hall–Kier alpha value is -1.80. The zero-order chi connectivity index (χ0) is 14.2. The summed E-state index contributed by atoms with van der Waals surface area (Å²) in [5.41, 5.74) is 11.8. The van der Waals surface area contributed by atoms with Crippen LogP contribution in [0.25, 0.3) is 0 Å². The van der Waals surface area contributed by atoms with Gasteiger partial charge in [0.25, 0.3) is 0 Å². The summed E-state index contributed by atoms with van der Waals surface area (Å²) in [4.78, 5) is 2.58. The standard InChI is InChI=1S/C19H22N2/c20-10-9-15-12-21(19-8-4-3-7-18(15)19)13-16-11-14-5-1-2-6-17(14)16/h1-8,15-16H,9-13,20H2. The first-order valence-corrected chi connectivity index (χ1v) is 7.98. The number of anilines is 1. The first-order valence-electron chi connectivity index (χ1n) is 7.98. The van der Waals surface area contributed by atoms with Crippen LogP contribution in [0.5, 0.6) is 0 Å². The Morgan fingerprint density at radius 3 is 2.52 bits per heavy atom. The van der Waals surface area contributed by atoms with Crippen LogP contribution >= 0.6 is 0 Å². The molecule has 0 saturated carbocycles. The molecule has 1 aliphatic carbocycles. The van der Waals surface area contributed by atoms with Crippen LogP contribution in [0, 0.1) is 0 Å². The van der Waals surface area contributed by atoms with Gasteiger partial charge in [0.2, 0.25) is 0 Å². The van der Waals surface area contributed by atoms with Gasteiger partial charge in [-0.1, -0.05) is 42.5 Å². The van der Waals surface area contributed by atoms with E-state index in [1.54, 1.807) is 5.56 Å². The van der Waals surface area contributed by atoms with Gasteiger partial charge in [-0.25, -0.2) is 0 Å². The van der Waals surface area contributed by atoms with E-state index in [9.17, 15) is 0 Å². The summed E-state index contributed by atoms with van der Waals surface area (Å²) >= 11 is 0. The molecule has 1 aliphatic heterocycles. The second-order valence-electron chi connectivity index (χ2n) is 6.34. The molecule has 2 N–H and O–H groups in total. The summed E-state index contributed by atoms with van der Waals surface area (Å²) in [6.07, 6.45) is 2.32. The van der Waals surface area contributed by atoms with Crippen molar-refractivity contribution in [2.45, 2.75) is 24.7 Å². The van der Waals surface area contributed by atoms with Crippen molar-refractivity contribution in [1.29, 1.82) is 0 Å². The molecular formula is C19H22N2. The monoisotopic (exact) mass is 278 g/mol. The van der Waals surface area contributed by atoms with Crippen LogP contribution in [0.3, 0.4) is 0 Å². The number of hydrogen-bond acceptors (Lipinski definition) is 2. The highest BCUT2D eigenvalue weighted by atomic mass is 15.2. The molecule has 0 radical (unpaired) electrons. The van der Waals surface area contributed by atoms with E-state index in [2.05, 4.69) is 53.4 Å². The van der Waals surface area contributed by atoms with E-state index in [-0.39, 0.29) is 0 Å². The predicted molar refractivity (Wildman–Crippen MR) is 88.0 cm³/mol. The molecule has 21 heavy (non-hydrogen) atoms. The molecule has 0 amide bonds. The maximum Gasteiger partial charge on any atom is 0.0402 e. The highest BCUT2D eigenvalue weighted by Crippen LogP contribution is 2.41. The van der Waals surface area contributed by atoms with Gasteiger partial charge >= 0.3 is 0 Å². The van der Waals surface area contributed by atoms with Crippen LogP contribution in [-0.4, -0.2) is 19.6 Å². The van der Waals surface area contributed by atoms with Gasteiger partial charge in [-0.2, -0.15) is 0 Å². The number of para-hydroxylation sites is 1. The van der Waals surface area contributed by atoms with Crippen molar-refractivity contribution in [3.8, 4) is 0 Å². The smallest absolute Gasteiger partial charge is 0.0402 e. The number of rotatable bonds is 4. The lowest BCUT2D eigenvalue weighted by Crippen LogP contribution is -2.33. The summed E-state index contributed by atoms with van der Waals surface area (Å²) < 4.78 is 0. The van der Waals surface area contributed by atoms with E-state index in [0.29, 0.717) is 11.8 Å². The number of fused-ring (bicyclic) bond motifs is 2. The molecule has 0 bridgehead atoms. The molecule has 1 heterocycles. The lowest BCUT2D eigenvalue weighted by atomic mass is 9.77. The third kappa shape index (κ3) is 2.14. The number of nitrogens with two attached hydrogens (primary N) is 1. The van der Waals surface area contributed by atoms with E-state index in [1.165, 1.54) is 23.2 Å². The topological polar surface area (TPSA) is 29.3 Å². The van der Waals surface area contributed by atoms with E-state index in [4.69, 9.17) is 5.73 Å². The summed E-state index contributed by atoms with van der Waals surface area (Å²) in [6, 6.07) is 17.7. The SMILES string of the molecule is NCCC1CN(CC2Cc3ccccc32)c2ccccc21. The first-order chi connectivity index (χ1) is 10.4. The summed E-state index contributed by atoms with van der Waals surface area (Å²) in [7, 11) is 0. The largest absolute Gasteiger partial charge is 0.370 e. The Labute approximate surface area is 126 Å². The van der Waals surface area contributed by atoms with Crippen LogP contribution in [0.4, 0.5) is 5.69 Å². The number of hydrogen-bond donors (Lipinski definition) is 1. The lowest BCUT2D eigenvalue weighted by molar-refractivity contribution is 0.567. The summed E-state index contributed by atoms with van der Waals surface area (Å²) in [5.74, 6) is 1.31. The fourth-order valence-corrected chi connectivity index (χ4v) is 4.00. The van der Waals surface area contributed by atoms with Gasteiger partial charge in [-0.15, -0.1) is 0 Å². The van der Waals surface area contributed by atoms with Gasteiger partial charge in [-0.05, 0) is 42.1 Å². The normalized spacial score (nSPS) is 22.6. The van der Waals surface area contributed by atoms with Crippen LogP contribution in [0.1, 0.15) is 34.9 Å².